The van der Waals surface area contributed by atoms with Gasteiger partial charge in [-0.25, -0.2) is 14.8 Å². The molecule has 3 aromatic heterocycles. The first-order chi connectivity index (χ1) is 14.8. The Balaban J connectivity index is 1.53. The average Bonchev–Trinajstić information content (AvgIpc) is 3.16. The summed E-state index contributed by atoms with van der Waals surface area (Å²) in [6.45, 7) is 5.60. The molecule has 3 aromatic rings. The summed E-state index contributed by atoms with van der Waals surface area (Å²) in [6.07, 6.45) is 8.86. The fraction of sp³-hybridized carbons (Fsp3) is 0.500. The van der Waals surface area contributed by atoms with E-state index in [-0.39, 0.29) is 18.1 Å². The molecule has 9 heteroatoms. The van der Waals surface area contributed by atoms with Gasteiger partial charge < -0.3 is 14.8 Å². The minimum Gasteiger partial charge on any atom is -0.467 e. The van der Waals surface area contributed by atoms with E-state index in [9.17, 15) is 4.79 Å². The van der Waals surface area contributed by atoms with Gasteiger partial charge in [0.05, 0.1) is 7.11 Å². The summed E-state index contributed by atoms with van der Waals surface area (Å²) < 4.78 is 12.5. The second kappa shape index (κ2) is 8.49. The molecule has 4 rings (SSSR count). The van der Waals surface area contributed by atoms with Gasteiger partial charge in [0, 0.05) is 41.7 Å². The number of nitrogens with zero attached hydrogens (tertiary/aromatic N) is 5. The Labute approximate surface area is 181 Å². The number of ether oxygens (including phenoxy) is 2. The van der Waals surface area contributed by atoms with E-state index < -0.39 is 5.60 Å². The van der Waals surface area contributed by atoms with E-state index in [1.165, 1.54) is 0 Å². The molecule has 0 saturated heterocycles. The number of fused-ring (bicyclic) bond motifs is 1. The van der Waals surface area contributed by atoms with Gasteiger partial charge in [0.25, 0.3) is 0 Å². The van der Waals surface area contributed by atoms with Gasteiger partial charge in [-0.2, -0.15) is 0 Å². The predicted octanol–water partition coefficient (Wildman–Crippen LogP) is 3.75. The smallest absolute Gasteiger partial charge is 0.407 e. The van der Waals surface area contributed by atoms with Crippen molar-refractivity contribution in [1.82, 2.24) is 29.9 Å². The molecule has 1 saturated carbocycles. The number of hydrogen-bond acceptors (Lipinski definition) is 7. The maximum absolute atomic E-state index is 12.2. The molecule has 1 aliphatic carbocycles. The number of alkyl carbamates (subject to hydrolysis) is 1. The van der Waals surface area contributed by atoms with Crippen molar-refractivity contribution in [3.05, 3.63) is 36.5 Å². The second-order valence-corrected chi connectivity index (χ2v) is 8.87. The molecule has 164 valence electrons. The van der Waals surface area contributed by atoms with Gasteiger partial charge in [0.1, 0.15) is 11.4 Å². The third kappa shape index (κ3) is 4.92. The number of nitrogens with one attached hydrogen (secondary N) is 1. The van der Waals surface area contributed by atoms with E-state index in [2.05, 4.69) is 25.5 Å². The van der Waals surface area contributed by atoms with Crippen molar-refractivity contribution in [2.45, 2.75) is 64.0 Å². The summed E-state index contributed by atoms with van der Waals surface area (Å²) in [5.41, 5.74) is 2.13. The van der Waals surface area contributed by atoms with Gasteiger partial charge in [0.2, 0.25) is 0 Å². The van der Waals surface area contributed by atoms with Crippen LogP contribution in [-0.2, 0) is 4.74 Å². The highest BCUT2D eigenvalue weighted by atomic mass is 16.6. The number of carbonyl (C=O) groups is 1. The molecule has 1 N–H and O–H groups in total. The van der Waals surface area contributed by atoms with Crippen LogP contribution in [-0.4, -0.2) is 49.4 Å². The van der Waals surface area contributed by atoms with Crippen molar-refractivity contribution in [3.8, 4) is 17.1 Å². The van der Waals surface area contributed by atoms with Crippen LogP contribution in [0.4, 0.5) is 4.79 Å². The molecule has 0 unspecified atom stereocenters. The standard InChI is InChI=1S/C22H28N6O3/c1-22(2,3)31-21(29)25-17-7-5-6-14(10-17)19-27-26-18-9-8-15(13-28(18)19)16-11-23-20(30-4)24-12-16/h8-9,11-14,17H,5-7,10H2,1-4H3,(H,25,29)/t14-,17+/m0/s1. The number of pyridine rings is 1. The van der Waals surface area contributed by atoms with Crippen LogP contribution in [0.15, 0.2) is 30.7 Å². The zero-order valence-corrected chi connectivity index (χ0v) is 18.3. The van der Waals surface area contributed by atoms with Crippen molar-refractivity contribution < 1.29 is 14.3 Å². The molecule has 1 aliphatic rings. The molecular formula is C22H28N6O3. The van der Waals surface area contributed by atoms with Crippen LogP contribution in [0.1, 0.15) is 58.2 Å². The fourth-order valence-electron chi connectivity index (χ4n) is 3.96. The Morgan fingerprint density at radius 3 is 2.61 bits per heavy atom. The molecule has 0 radical (unpaired) electrons. The Hall–Kier alpha value is -3.23. The number of methoxy groups -OCH3 is 1. The highest BCUT2D eigenvalue weighted by Gasteiger charge is 2.29. The van der Waals surface area contributed by atoms with E-state index in [0.29, 0.717) is 6.01 Å². The van der Waals surface area contributed by atoms with Gasteiger partial charge in [-0.05, 0) is 52.2 Å². The lowest BCUT2D eigenvalue weighted by Gasteiger charge is -2.30. The number of rotatable bonds is 4. The van der Waals surface area contributed by atoms with Crippen LogP contribution >= 0.6 is 0 Å². The van der Waals surface area contributed by atoms with Crippen LogP contribution in [0.5, 0.6) is 6.01 Å². The Morgan fingerprint density at radius 2 is 1.90 bits per heavy atom. The van der Waals surface area contributed by atoms with Crippen LogP contribution in [0.3, 0.4) is 0 Å². The molecule has 0 aromatic carbocycles. The van der Waals surface area contributed by atoms with Crippen molar-refractivity contribution in [2.24, 2.45) is 0 Å². The van der Waals surface area contributed by atoms with Crippen LogP contribution in [0.25, 0.3) is 16.8 Å². The van der Waals surface area contributed by atoms with Gasteiger partial charge in [-0.1, -0.05) is 6.42 Å². The quantitative estimate of drug-likeness (QED) is 0.680. The Bertz CT molecular complexity index is 1060. The number of amides is 1. The Morgan fingerprint density at radius 1 is 1.13 bits per heavy atom. The topological polar surface area (TPSA) is 104 Å². The van der Waals surface area contributed by atoms with Crippen LogP contribution < -0.4 is 10.1 Å². The van der Waals surface area contributed by atoms with Crippen molar-refractivity contribution >= 4 is 11.7 Å². The number of carbonyl (C=O) groups excluding carboxylic acids is 1. The first-order valence-corrected chi connectivity index (χ1v) is 10.5. The lowest BCUT2D eigenvalue weighted by atomic mass is 9.85. The third-order valence-electron chi connectivity index (χ3n) is 5.33. The predicted molar refractivity (Wildman–Crippen MR) is 115 cm³/mol. The number of hydrogen-bond donors (Lipinski definition) is 1. The maximum Gasteiger partial charge on any atom is 0.407 e. The summed E-state index contributed by atoms with van der Waals surface area (Å²) >= 11 is 0. The molecule has 9 nitrogen and oxygen atoms in total. The van der Waals surface area contributed by atoms with E-state index in [1.54, 1.807) is 19.5 Å². The van der Waals surface area contributed by atoms with Gasteiger partial charge in [-0.3, -0.25) is 4.40 Å². The summed E-state index contributed by atoms with van der Waals surface area (Å²) in [4.78, 5) is 20.6. The summed E-state index contributed by atoms with van der Waals surface area (Å²) in [7, 11) is 1.54. The highest BCUT2D eigenvalue weighted by Crippen LogP contribution is 2.33. The van der Waals surface area contributed by atoms with Crippen molar-refractivity contribution in [1.29, 1.82) is 0 Å². The molecule has 0 bridgehead atoms. The highest BCUT2D eigenvalue weighted by molar-refractivity contribution is 5.68. The summed E-state index contributed by atoms with van der Waals surface area (Å²) in [5.74, 6) is 1.10. The monoisotopic (exact) mass is 424 g/mol. The first-order valence-electron chi connectivity index (χ1n) is 10.5. The van der Waals surface area contributed by atoms with Crippen molar-refractivity contribution in [3.63, 3.8) is 0 Å². The lowest BCUT2D eigenvalue weighted by Crippen LogP contribution is -2.41. The summed E-state index contributed by atoms with van der Waals surface area (Å²) in [6, 6.07) is 4.31. The molecule has 1 amide bonds. The van der Waals surface area contributed by atoms with Crippen molar-refractivity contribution in [2.75, 3.05) is 7.11 Å². The van der Waals surface area contributed by atoms with Gasteiger partial charge >= 0.3 is 12.1 Å². The SMILES string of the molecule is COc1ncc(-c2ccc3nnc([C@H]4CCC[C@@H](NC(=O)OC(C)(C)C)C4)n3c2)cn1. The molecule has 31 heavy (non-hydrogen) atoms. The Kier molecular flexibility index (Phi) is 5.75. The number of aromatic nitrogens is 5. The average molecular weight is 425 g/mol. The van der Waals surface area contributed by atoms with Crippen LogP contribution in [0.2, 0.25) is 0 Å². The second-order valence-electron chi connectivity index (χ2n) is 8.87. The van der Waals surface area contributed by atoms with Crippen LogP contribution in [0, 0.1) is 0 Å². The van der Waals surface area contributed by atoms with E-state index >= 15 is 0 Å². The molecule has 0 aliphatic heterocycles. The first kappa shape index (κ1) is 21.0. The third-order valence-corrected chi connectivity index (χ3v) is 5.33. The minimum absolute atomic E-state index is 0.0547. The zero-order valence-electron chi connectivity index (χ0n) is 18.3. The lowest BCUT2D eigenvalue weighted by molar-refractivity contribution is 0.0490. The largest absolute Gasteiger partial charge is 0.467 e. The normalized spacial score (nSPS) is 19.2. The van der Waals surface area contributed by atoms with E-state index in [1.807, 2.05) is 43.5 Å². The summed E-state index contributed by atoms with van der Waals surface area (Å²) in [5, 5.41) is 11.8. The fourth-order valence-corrected chi connectivity index (χ4v) is 3.96. The van der Waals surface area contributed by atoms with E-state index in [4.69, 9.17) is 9.47 Å². The molecule has 2 atom stereocenters. The van der Waals surface area contributed by atoms with Gasteiger partial charge in [0.15, 0.2) is 5.65 Å². The molecule has 3 heterocycles. The zero-order chi connectivity index (χ0) is 22.0. The van der Waals surface area contributed by atoms with Gasteiger partial charge in [-0.15, -0.1) is 10.2 Å². The molecule has 0 spiro atoms. The van der Waals surface area contributed by atoms with E-state index in [0.717, 1.165) is 48.3 Å². The minimum atomic E-state index is -0.511. The molecule has 1 fully saturated rings. The molecular weight excluding hydrogens is 396 g/mol. The maximum atomic E-state index is 12.2.